The van der Waals surface area contributed by atoms with Crippen LogP contribution in [0, 0.1) is 0 Å². The summed E-state index contributed by atoms with van der Waals surface area (Å²) in [5.41, 5.74) is 4.64. The molecule has 0 saturated heterocycles. The van der Waals surface area contributed by atoms with Crippen molar-refractivity contribution >= 4 is 33.1 Å². The van der Waals surface area contributed by atoms with E-state index in [2.05, 4.69) is 20.0 Å². The minimum atomic E-state index is -3.69. The average Bonchev–Trinajstić information content (AvgIpc) is 3.11. The number of pyridine rings is 1. The maximum Gasteiger partial charge on any atom is 0.285 e. The van der Waals surface area contributed by atoms with E-state index in [-0.39, 0.29) is 16.6 Å². The van der Waals surface area contributed by atoms with Gasteiger partial charge in [-0.25, -0.2) is 0 Å². The predicted molar refractivity (Wildman–Crippen MR) is 132 cm³/mol. The number of hydrogen-bond acceptors (Lipinski definition) is 5. The molecule has 1 aliphatic heterocycles. The van der Waals surface area contributed by atoms with Crippen molar-refractivity contribution in [1.82, 2.24) is 4.98 Å². The van der Waals surface area contributed by atoms with Crippen molar-refractivity contribution in [2.75, 3.05) is 10.6 Å². The number of nitrogens with one attached hydrogen (secondary N) is 2. The van der Waals surface area contributed by atoms with Gasteiger partial charge in [-0.1, -0.05) is 24.3 Å². The Balaban J connectivity index is 1.23. The van der Waals surface area contributed by atoms with Crippen LogP contribution in [0.25, 0.3) is 0 Å². The SMILES string of the molecule is O=C(Nc1ccc(Cc2ccncc2)cc1)c1ccc(NC2=NS(=O)(=O)c3ccccc32)cc1. The first-order valence-electron chi connectivity index (χ1n) is 10.6. The fourth-order valence-corrected chi connectivity index (χ4v) is 4.86. The number of amidine groups is 1. The van der Waals surface area contributed by atoms with E-state index < -0.39 is 10.0 Å². The van der Waals surface area contributed by atoms with Gasteiger partial charge < -0.3 is 10.6 Å². The predicted octanol–water partition coefficient (Wildman–Crippen LogP) is 4.49. The molecule has 5 rings (SSSR count). The van der Waals surface area contributed by atoms with Gasteiger partial charge in [0.25, 0.3) is 15.9 Å². The lowest BCUT2D eigenvalue weighted by atomic mass is 10.1. The smallest absolute Gasteiger partial charge is 0.285 e. The lowest BCUT2D eigenvalue weighted by Gasteiger charge is -2.09. The lowest BCUT2D eigenvalue weighted by Crippen LogP contribution is -2.13. The monoisotopic (exact) mass is 468 g/mol. The molecule has 0 unspecified atom stereocenters. The van der Waals surface area contributed by atoms with E-state index in [9.17, 15) is 13.2 Å². The second-order valence-electron chi connectivity index (χ2n) is 7.80. The molecular weight excluding hydrogens is 448 g/mol. The first-order chi connectivity index (χ1) is 16.5. The normalized spacial score (nSPS) is 13.6. The second-order valence-corrected chi connectivity index (χ2v) is 9.37. The second kappa shape index (κ2) is 8.92. The average molecular weight is 469 g/mol. The highest BCUT2D eigenvalue weighted by molar-refractivity contribution is 7.90. The summed E-state index contributed by atoms with van der Waals surface area (Å²) in [6.07, 6.45) is 4.34. The highest BCUT2D eigenvalue weighted by atomic mass is 32.2. The summed E-state index contributed by atoms with van der Waals surface area (Å²) in [7, 11) is -3.69. The van der Waals surface area contributed by atoms with Gasteiger partial charge in [-0.2, -0.15) is 8.42 Å². The quantitative estimate of drug-likeness (QED) is 0.450. The molecule has 8 heteroatoms. The topological polar surface area (TPSA) is 101 Å². The number of carbonyl (C=O) groups excluding carboxylic acids is 1. The number of hydrogen-bond donors (Lipinski definition) is 2. The molecule has 2 heterocycles. The highest BCUT2D eigenvalue weighted by Gasteiger charge is 2.28. The molecule has 1 amide bonds. The third-order valence-corrected chi connectivity index (χ3v) is 6.75. The van der Waals surface area contributed by atoms with Crippen molar-refractivity contribution in [3.8, 4) is 0 Å². The molecule has 0 spiro atoms. The Hall–Kier alpha value is -4.30. The summed E-state index contributed by atoms with van der Waals surface area (Å²) in [5.74, 6) is 0.0271. The largest absolute Gasteiger partial charge is 0.339 e. The van der Waals surface area contributed by atoms with Crippen LogP contribution in [0.5, 0.6) is 0 Å². The molecule has 34 heavy (non-hydrogen) atoms. The van der Waals surface area contributed by atoms with Crippen LogP contribution < -0.4 is 10.6 Å². The summed E-state index contributed by atoms with van der Waals surface area (Å²) >= 11 is 0. The molecule has 4 aromatic rings. The number of benzene rings is 3. The van der Waals surface area contributed by atoms with Crippen LogP contribution in [-0.4, -0.2) is 25.1 Å². The Morgan fingerprint density at radius 3 is 2.15 bits per heavy atom. The third kappa shape index (κ3) is 4.57. The van der Waals surface area contributed by atoms with E-state index in [0.717, 1.165) is 12.0 Å². The molecular formula is C26H20N4O3S. The molecule has 168 valence electrons. The molecule has 7 nitrogen and oxygen atoms in total. The van der Waals surface area contributed by atoms with Crippen LogP contribution in [0.2, 0.25) is 0 Å². The number of carbonyl (C=O) groups is 1. The molecule has 0 radical (unpaired) electrons. The van der Waals surface area contributed by atoms with Crippen molar-refractivity contribution in [3.05, 3.63) is 120 Å². The Labute approximate surface area is 197 Å². The van der Waals surface area contributed by atoms with Gasteiger partial charge in [0, 0.05) is 34.9 Å². The number of anilines is 2. The van der Waals surface area contributed by atoms with Crippen molar-refractivity contribution < 1.29 is 13.2 Å². The standard InChI is InChI=1S/C26H20N4O3S/c31-26(29-22-9-5-18(6-10-22)17-19-13-15-27-16-14-19)20-7-11-21(12-8-20)28-25-23-3-1-2-4-24(23)34(32,33)30-25/h1-16H,17H2,(H,28,30)(H,29,31). The Bertz CT molecular complexity index is 1480. The van der Waals surface area contributed by atoms with Crippen molar-refractivity contribution in [2.24, 2.45) is 4.40 Å². The first kappa shape index (κ1) is 21.5. The van der Waals surface area contributed by atoms with Crippen LogP contribution in [0.1, 0.15) is 27.0 Å². The van der Waals surface area contributed by atoms with E-state index in [1.807, 2.05) is 36.4 Å². The van der Waals surface area contributed by atoms with Crippen LogP contribution in [0.4, 0.5) is 11.4 Å². The van der Waals surface area contributed by atoms with Crippen LogP contribution in [0.3, 0.4) is 0 Å². The van der Waals surface area contributed by atoms with Gasteiger partial charge in [-0.15, -0.1) is 4.40 Å². The van der Waals surface area contributed by atoms with Crippen molar-refractivity contribution in [3.63, 3.8) is 0 Å². The fraction of sp³-hybridized carbons (Fsp3) is 0.0385. The summed E-state index contributed by atoms with van der Waals surface area (Å²) in [6.45, 7) is 0. The highest BCUT2D eigenvalue weighted by Crippen LogP contribution is 2.26. The molecule has 1 aliphatic rings. The number of amides is 1. The Morgan fingerprint density at radius 2 is 1.41 bits per heavy atom. The fourth-order valence-electron chi connectivity index (χ4n) is 3.68. The number of rotatable bonds is 5. The Kier molecular flexibility index (Phi) is 5.65. The van der Waals surface area contributed by atoms with Crippen molar-refractivity contribution in [1.29, 1.82) is 0 Å². The maximum absolute atomic E-state index is 12.7. The molecule has 0 aliphatic carbocycles. The minimum Gasteiger partial charge on any atom is -0.339 e. The van der Waals surface area contributed by atoms with Crippen LogP contribution in [-0.2, 0) is 16.4 Å². The first-order valence-corrected chi connectivity index (χ1v) is 12.0. The van der Waals surface area contributed by atoms with E-state index in [1.165, 1.54) is 11.6 Å². The zero-order chi connectivity index (χ0) is 23.5. The minimum absolute atomic E-state index is 0.181. The van der Waals surface area contributed by atoms with Gasteiger partial charge in [-0.05, 0) is 78.2 Å². The molecule has 0 fully saturated rings. The van der Waals surface area contributed by atoms with Gasteiger partial charge in [0.1, 0.15) is 4.90 Å². The summed E-state index contributed by atoms with van der Waals surface area (Å²) in [4.78, 5) is 16.9. The van der Waals surface area contributed by atoms with E-state index >= 15 is 0 Å². The van der Waals surface area contributed by atoms with E-state index in [1.54, 1.807) is 54.9 Å². The zero-order valence-electron chi connectivity index (χ0n) is 18.0. The zero-order valence-corrected chi connectivity index (χ0v) is 18.8. The molecule has 1 aromatic heterocycles. The molecule has 0 saturated carbocycles. The number of fused-ring (bicyclic) bond motifs is 1. The van der Waals surface area contributed by atoms with E-state index in [0.29, 0.717) is 22.5 Å². The van der Waals surface area contributed by atoms with Gasteiger partial charge in [0.15, 0.2) is 5.84 Å². The van der Waals surface area contributed by atoms with Gasteiger partial charge in [0.2, 0.25) is 0 Å². The molecule has 3 aromatic carbocycles. The summed E-state index contributed by atoms with van der Waals surface area (Å²) in [5, 5.41) is 5.92. The number of aromatic nitrogens is 1. The maximum atomic E-state index is 12.7. The van der Waals surface area contributed by atoms with Crippen LogP contribution >= 0.6 is 0 Å². The lowest BCUT2D eigenvalue weighted by molar-refractivity contribution is 0.102. The van der Waals surface area contributed by atoms with Crippen molar-refractivity contribution in [2.45, 2.75) is 11.3 Å². The summed E-state index contributed by atoms with van der Waals surface area (Å²) < 4.78 is 28.2. The number of sulfonamides is 1. The number of nitrogens with zero attached hydrogens (tertiary/aromatic N) is 2. The van der Waals surface area contributed by atoms with Gasteiger partial charge in [-0.3, -0.25) is 9.78 Å². The van der Waals surface area contributed by atoms with Gasteiger partial charge >= 0.3 is 0 Å². The van der Waals surface area contributed by atoms with E-state index in [4.69, 9.17) is 0 Å². The Morgan fingerprint density at radius 1 is 0.765 bits per heavy atom. The van der Waals surface area contributed by atoms with Crippen LogP contribution in [0.15, 0.2) is 107 Å². The third-order valence-electron chi connectivity index (χ3n) is 5.41. The molecule has 0 bridgehead atoms. The summed E-state index contributed by atoms with van der Waals surface area (Å²) in [6, 6.07) is 25.1. The van der Waals surface area contributed by atoms with Gasteiger partial charge in [0.05, 0.1) is 0 Å². The molecule has 2 N–H and O–H groups in total. The molecule has 0 atom stereocenters.